The molecule has 0 aliphatic rings. The van der Waals surface area contributed by atoms with Crippen LogP contribution in [-0.2, 0) is 0 Å². The Kier molecular flexibility index (Phi) is 2.36. The zero-order chi connectivity index (χ0) is 9.80. The third kappa shape index (κ3) is 1.85. The zero-order valence-electron chi connectivity index (χ0n) is 7.71. The average Bonchev–Trinajstić information content (AvgIpc) is 2.23. The van der Waals surface area contributed by atoms with Crippen molar-refractivity contribution in [1.29, 1.82) is 0 Å². The van der Waals surface area contributed by atoms with Crippen LogP contribution in [0.5, 0.6) is 11.6 Å². The van der Waals surface area contributed by atoms with Crippen LogP contribution >= 0.6 is 0 Å². The van der Waals surface area contributed by atoms with Crippen molar-refractivity contribution in [3.8, 4) is 11.6 Å². The van der Waals surface area contributed by atoms with Gasteiger partial charge in [-0.05, 0) is 19.1 Å². The number of nitrogens with zero attached hydrogens (tertiary/aromatic N) is 3. The SMILES string of the molecule is Cc1ncccc1Oc1ccncn1. The molecule has 0 atom stereocenters. The summed E-state index contributed by atoms with van der Waals surface area (Å²) in [5, 5.41) is 0. The summed E-state index contributed by atoms with van der Waals surface area (Å²) in [6.07, 6.45) is 4.80. The summed E-state index contributed by atoms with van der Waals surface area (Å²) in [4.78, 5) is 11.9. The number of hydrogen-bond donors (Lipinski definition) is 0. The molecule has 0 aliphatic heterocycles. The summed E-state index contributed by atoms with van der Waals surface area (Å²) in [5.74, 6) is 1.24. The molecule has 70 valence electrons. The maximum absolute atomic E-state index is 5.50. The third-order valence-corrected chi connectivity index (χ3v) is 1.73. The van der Waals surface area contributed by atoms with Crippen molar-refractivity contribution in [2.75, 3.05) is 0 Å². The molecule has 2 rings (SSSR count). The minimum Gasteiger partial charge on any atom is -0.437 e. The Balaban J connectivity index is 2.24. The highest BCUT2D eigenvalue weighted by atomic mass is 16.5. The van der Waals surface area contributed by atoms with Gasteiger partial charge in [0.1, 0.15) is 6.33 Å². The minimum atomic E-state index is 0.524. The maximum atomic E-state index is 5.50. The lowest BCUT2D eigenvalue weighted by atomic mass is 10.3. The molecule has 2 heterocycles. The van der Waals surface area contributed by atoms with Crippen LogP contribution in [-0.4, -0.2) is 15.0 Å². The van der Waals surface area contributed by atoms with Gasteiger partial charge in [0.2, 0.25) is 5.88 Å². The van der Waals surface area contributed by atoms with Crippen LogP contribution in [0.2, 0.25) is 0 Å². The van der Waals surface area contributed by atoms with Gasteiger partial charge in [0.25, 0.3) is 0 Å². The Morgan fingerprint density at radius 3 is 2.79 bits per heavy atom. The molecular weight excluding hydrogens is 178 g/mol. The summed E-state index contributed by atoms with van der Waals surface area (Å²) in [6.45, 7) is 1.89. The van der Waals surface area contributed by atoms with Crippen LogP contribution in [0.25, 0.3) is 0 Å². The fraction of sp³-hybridized carbons (Fsp3) is 0.100. The van der Waals surface area contributed by atoms with Crippen molar-refractivity contribution in [3.05, 3.63) is 42.6 Å². The van der Waals surface area contributed by atoms with Crippen molar-refractivity contribution in [2.45, 2.75) is 6.92 Å². The number of hydrogen-bond acceptors (Lipinski definition) is 4. The molecule has 0 aliphatic carbocycles. The first-order valence-electron chi connectivity index (χ1n) is 4.22. The van der Waals surface area contributed by atoms with E-state index in [0.717, 1.165) is 5.69 Å². The number of rotatable bonds is 2. The van der Waals surface area contributed by atoms with E-state index in [2.05, 4.69) is 15.0 Å². The first-order chi connectivity index (χ1) is 6.86. The molecule has 2 aromatic heterocycles. The van der Waals surface area contributed by atoms with E-state index in [-0.39, 0.29) is 0 Å². The molecule has 2 aromatic rings. The molecule has 0 amide bonds. The van der Waals surface area contributed by atoms with Crippen LogP contribution in [0.4, 0.5) is 0 Å². The first-order valence-corrected chi connectivity index (χ1v) is 4.22. The van der Waals surface area contributed by atoms with E-state index in [4.69, 9.17) is 4.74 Å². The van der Waals surface area contributed by atoms with Gasteiger partial charge >= 0.3 is 0 Å². The van der Waals surface area contributed by atoms with Crippen LogP contribution in [0.3, 0.4) is 0 Å². The molecule has 4 nitrogen and oxygen atoms in total. The highest BCUT2D eigenvalue weighted by Gasteiger charge is 2.00. The van der Waals surface area contributed by atoms with Crippen molar-refractivity contribution in [1.82, 2.24) is 15.0 Å². The molecule has 0 saturated heterocycles. The van der Waals surface area contributed by atoms with E-state index in [1.165, 1.54) is 6.33 Å². The fourth-order valence-corrected chi connectivity index (χ4v) is 1.03. The van der Waals surface area contributed by atoms with Crippen LogP contribution < -0.4 is 4.74 Å². The summed E-state index contributed by atoms with van der Waals surface area (Å²) < 4.78 is 5.50. The molecule has 0 aromatic carbocycles. The average molecular weight is 187 g/mol. The molecule has 0 N–H and O–H groups in total. The fourth-order valence-electron chi connectivity index (χ4n) is 1.03. The molecule has 0 radical (unpaired) electrons. The van der Waals surface area contributed by atoms with E-state index in [1.54, 1.807) is 18.5 Å². The van der Waals surface area contributed by atoms with Gasteiger partial charge in [0.15, 0.2) is 5.75 Å². The second-order valence-electron chi connectivity index (χ2n) is 2.74. The predicted molar refractivity (Wildman–Crippen MR) is 51.1 cm³/mol. The summed E-state index contributed by atoms with van der Waals surface area (Å²) in [6, 6.07) is 5.38. The van der Waals surface area contributed by atoms with Crippen molar-refractivity contribution >= 4 is 0 Å². The molecular formula is C10H9N3O. The quantitative estimate of drug-likeness (QED) is 0.721. The van der Waals surface area contributed by atoms with E-state index < -0.39 is 0 Å². The van der Waals surface area contributed by atoms with Crippen molar-refractivity contribution in [3.63, 3.8) is 0 Å². The Bertz CT molecular complexity index is 417. The number of ether oxygens (including phenoxy) is 1. The molecule has 4 heteroatoms. The normalized spacial score (nSPS) is 9.79. The topological polar surface area (TPSA) is 47.9 Å². The molecule has 0 saturated carbocycles. The third-order valence-electron chi connectivity index (χ3n) is 1.73. The second kappa shape index (κ2) is 3.83. The van der Waals surface area contributed by atoms with E-state index in [1.807, 2.05) is 19.1 Å². The molecule has 0 spiro atoms. The maximum Gasteiger partial charge on any atom is 0.222 e. The lowest BCUT2D eigenvalue weighted by Gasteiger charge is -2.05. The zero-order valence-corrected chi connectivity index (χ0v) is 7.71. The van der Waals surface area contributed by atoms with Crippen molar-refractivity contribution < 1.29 is 4.74 Å². The molecule has 0 bridgehead atoms. The van der Waals surface area contributed by atoms with E-state index in [0.29, 0.717) is 11.6 Å². The van der Waals surface area contributed by atoms with Gasteiger partial charge in [-0.15, -0.1) is 0 Å². The molecule has 0 fully saturated rings. The number of aryl methyl sites for hydroxylation is 1. The smallest absolute Gasteiger partial charge is 0.222 e. The summed E-state index contributed by atoms with van der Waals surface area (Å²) in [5.41, 5.74) is 0.839. The largest absolute Gasteiger partial charge is 0.437 e. The summed E-state index contributed by atoms with van der Waals surface area (Å²) >= 11 is 0. The lowest BCUT2D eigenvalue weighted by molar-refractivity contribution is 0.455. The monoisotopic (exact) mass is 187 g/mol. The van der Waals surface area contributed by atoms with Gasteiger partial charge in [0, 0.05) is 18.5 Å². The van der Waals surface area contributed by atoms with E-state index in [9.17, 15) is 0 Å². The Morgan fingerprint density at radius 2 is 2.07 bits per heavy atom. The lowest BCUT2D eigenvalue weighted by Crippen LogP contribution is -1.91. The van der Waals surface area contributed by atoms with Crippen molar-refractivity contribution in [2.24, 2.45) is 0 Å². The number of aromatic nitrogens is 3. The van der Waals surface area contributed by atoms with Gasteiger partial charge in [-0.1, -0.05) is 0 Å². The van der Waals surface area contributed by atoms with Crippen LogP contribution in [0.15, 0.2) is 36.9 Å². The van der Waals surface area contributed by atoms with Crippen LogP contribution in [0.1, 0.15) is 5.69 Å². The first kappa shape index (κ1) is 8.62. The number of pyridine rings is 1. The molecule has 14 heavy (non-hydrogen) atoms. The summed E-state index contributed by atoms with van der Waals surface area (Å²) in [7, 11) is 0. The predicted octanol–water partition coefficient (Wildman–Crippen LogP) is 1.97. The molecule has 0 unspecified atom stereocenters. The van der Waals surface area contributed by atoms with Gasteiger partial charge in [0.05, 0.1) is 5.69 Å². The van der Waals surface area contributed by atoms with Gasteiger partial charge < -0.3 is 4.74 Å². The Hall–Kier alpha value is -1.97. The standard InChI is InChI=1S/C10H9N3O/c1-8-9(3-2-5-12-8)14-10-4-6-11-7-13-10/h2-7H,1H3. The Morgan fingerprint density at radius 1 is 1.14 bits per heavy atom. The minimum absolute atomic E-state index is 0.524. The van der Waals surface area contributed by atoms with Gasteiger partial charge in [-0.3, -0.25) is 4.98 Å². The van der Waals surface area contributed by atoms with Crippen LogP contribution in [0, 0.1) is 6.92 Å². The highest BCUT2D eigenvalue weighted by molar-refractivity contribution is 5.29. The highest BCUT2D eigenvalue weighted by Crippen LogP contribution is 2.20. The second-order valence-corrected chi connectivity index (χ2v) is 2.74. The Labute approximate surface area is 81.6 Å². The van der Waals surface area contributed by atoms with Gasteiger partial charge in [-0.2, -0.15) is 0 Å². The van der Waals surface area contributed by atoms with E-state index >= 15 is 0 Å². The van der Waals surface area contributed by atoms with Gasteiger partial charge in [-0.25, -0.2) is 9.97 Å².